The minimum absolute atomic E-state index is 0.0552. The number of fused-ring (bicyclic) bond motifs is 3. The van der Waals surface area contributed by atoms with E-state index in [2.05, 4.69) is 4.57 Å². The maximum absolute atomic E-state index is 13.2. The van der Waals surface area contributed by atoms with Gasteiger partial charge in [-0.2, -0.15) is 4.31 Å². The summed E-state index contributed by atoms with van der Waals surface area (Å²) in [6.07, 6.45) is 3.94. The van der Waals surface area contributed by atoms with Crippen LogP contribution in [-0.2, 0) is 27.8 Å². The van der Waals surface area contributed by atoms with Gasteiger partial charge in [0.05, 0.1) is 4.90 Å². The predicted octanol–water partition coefficient (Wildman–Crippen LogP) is 3.51. The van der Waals surface area contributed by atoms with E-state index in [-0.39, 0.29) is 10.9 Å². The molecule has 0 saturated heterocycles. The molecule has 30 heavy (non-hydrogen) atoms. The van der Waals surface area contributed by atoms with Crippen LogP contribution >= 0.6 is 0 Å². The van der Waals surface area contributed by atoms with E-state index in [0.717, 1.165) is 40.4 Å². The molecule has 2 heterocycles. The van der Waals surface area contributed by atoms with Gasteiger partial charge in [0.15, 0.2) is 0 Å². The lowest BCUT2D eigenvalue weighted by Gasteiger charge is -2.32. The smallest absolute Gasteiger partial charge is 0.328 e. The Morgan fingerprint density at radius 2 is 1.90 bits per heavy atom. The number of rotatable bonds is 5. The summed E-state index contributed by atoms with van der Waals surface area (Å²) in [6, 6.07) is 12.2. The van der Waals surface area contributed by atoms with E-state index in [0.29, 0.717) is 19.4 Å². The summed E-state index contributed by atoms with van der Waals surface area (Å²) >= 11 is 0. The number of benzene rings is 2. The highest BCUT2D eigenvalue weighted by Crippen LogP contribution is 2.33. The van der Waals surface area contributed by atoms with Gasteiger partial charge in [-0.05, 0) is 49.2 Å². The third-order valence-electron chi connectivity index (χ3n) is 5.63. The van der Waals surface area contributed by atoms with Crippen LogP contribution in [0.5, 0.6) is 0 Å². The second kappa shape index (κ2) is 7.70. The Morgan fingerprint density at radius 3 is 2.60 bits per heavy atom. The molecule has 1 unspecified atom stereocenters. The van der Waals surface area contributed by atoms with Crippen molar-refractivity contribution in [2.24, 2.45) is 0 Å². The molecule has 1 atom stereocenters. The fourth-order valence-corrected chi connectivity index (χ4v) is 5.45. The van der Waals surface area contributed by atoms with Gasteiger partial charge in [0.2, 0.25) is 10.0 Å². The molecule has 0 radical (unpaired) electrons. The number of carboxylic acid groups (broad SMARTS) is 1. The Hall–Kier alpha value is -2.97. The highest BCUT2D eigenvalue weighted by molar-refractivity contribution is 7.89. The fourth-order valence-electron chi connectivity index (χ4n) is 4.07. The molecule has 156 valence electrons. The highest BCUT2D eigenvalue weighted by Gasteiger charge is 2.32. The molecule has 3 aromatic rings. The van der Waals surface area contributed by atoms with E-state index < -0.39 is 21.8 Å². The number of halogens is 1. The molecular weight excluding hydrogens is 407 g/mol. The molecule has 2 aromatic carbocycles. The Kier molecular flexibility index (Phi) is 5.21. The number of aliphatic carboxylic acids is 1. The summed E-state index contributed by atoms with van der Waals surface area (Å²) in [4.78, 5) is 11.1. The molecule has 0 aliphatic carbocycles. The maximum atomic E-state index is 13.2. The van der Waals surface area contributed by atoms with Crippen LogP contribution in [0.15, 0.2) is 59.5 Å². The first-order valence-electron chi connectivity index (χ1n) is 9.54. The van der Waals surface area contributed by atoms with Crippen LogP contribution < -0.4 is 0 Å². The van der Waals surface area contributed by atoms with Crippen molar-refractivity contribution in [3.05, 3.63) is 71.7 Å². The van der Waals surface area contributed by atoms with Gasteiger partial charge in [-0.1, -0.05) is 18.2 Å². The second-order valence-electron chi connectivity index (χ2n) is 7.33. The van der Waals surface area contributed by atoms with Gasteiger partial charge in [0.1, 0.15) is 5.82 Å². The van der Waals surface area contributed by atoms with Gasteiger partial charge in [0.25, 0.3) is 0 Å². The number of hydrogen-bond acceptors (Lipinski definition) is 3. The predicted molar refractivity (Wildman–Crippen MR) is 112 cm³/mol. The number of sulfonamides is 1. The van der Waals surface area contributed by atoms with Gasteiger partial charge >= 0.3 is 5.97 Å². The largest absolute Gasteiger partial charge is 0.478 e. The number of aromatic nitrogens is 1. The number of likely N-dealkylation sites (N-methyl/N-ethyl adjacent to an activating group) is 1. The quantitative estimate of drug-likeness (QED) is 0.631. The Morgan fingerprint density at radius 1 is 1.20 bits per heavy atom. The van der Waals surface area contributed by atoms with Crippen molar-refractivity contribution in [1.82, 2.24) is 8.87 Å². The zero-order valence-electron chi connectivity index (χ0n) is 16.3. The van der Waals surface area contributed by atoms with Gasteiger partial charge in [-0.25, -0.2) is 17.6 Å². The average molecular weight is 428 g/mol. The molecule has 0 spiro atoms. The third kappa shape index (κ3) is 3.53. The standard InChI is InChI=1S/C22H21FN2O4S/c1-24(30(28,29)17-9-6-15(23)7-10-17)16-8-12-21-19(11-13-22(26)27)18-4-2-3-5-20(18)25(21)14-16/h2-7,9-11,13,16H,8,12,14H2,1H3,(H,26,27). The summed E-state index contributed by atoms with van der Waals surface area (Å²) < 4.78 is 42.7. The normalized spacial score (nSPS) is 17.0. The van der Waals surface area contributed by atoms with Gasteiger partial charge in [-0.3, -0.25) is 0 Å². The average Bonchev–Trinajstić information content (AvgIpc) is 3.05. The van der Waals surface area contributed by atoms with E-state index in [4.69, 9.17) is 5.11 Å². The maximum Gasteiger partial charge on any atom is 0.328 e. The topological polar surface area (TPSA) is 79.6 Å². The van der Waals surface area contributed by atoms with E-state index in [9.17, 15) is 17.6 Å². The molecule has 4 rings (SSSR count). The third-order valence-corrected chi connectivity index (χ3v) is 7.55. The molecule has 1 aromatic heterocycles. The Bertz CT molecular complexity index is 1250. The molecule has 6 nitrogen and oxygen atoms in total. The lowest BCUT2D eigenvalue weighted by atomic mass is 10.0. The molecule has 0 saturated carbocycles. The number of carbonyl (C=O) groups is 1. The Balaban J connectivity index is 1.71. The minimum Gasteiger partial charge on any atom is -0.478 e. The van der Waals surface area contributed by atoms with Crippen molar-refractivity contribution in [3.8, 4) is 0 Å². The summed E-state index contributed by atoms with van der Waals surface area (Å²) in [6.45, 7) is 0.452. The van der Waals surface area contributed by atoms with Gasteiger partial charge in [0, 0.05) is 47.9 Å². The monoisotopic (exact) mass is 428 g/mol. The Labute approximate surface area is 173 Å². The molecule has 1 aliphatic heterocycles. The minimum atomic E-state index is -3.76. The first-order valence-corrected chi connectivity index (χ1v) is 11.0. The van der Waals surface area contributed by atoms with E-state index in [1.807, 2.05) is 24.3 Å². The molecule has 0 amide bonds. The van der Waals surface area contributed by atoms with Crippen LogP contribution in [0, 0.1) is 5.82 Å². The SMILES string of the molecule is CN(C1CCc2c(C=CC(=O)O)c3ccccc3n2C1)S(=O)(=O)c1ccc(F)cc1. The fraction of sp³-hybridized carbons (Fsp3) is 0.227. The van der Waals surface area contributed by atoms with E-state index in [1.165, 1.54) is 16.4 Å². The van der Waals surface area contributed by atoms with Crippen LogP contribution in [0.1, 0.15) is 17.7 Å². The molecule has 0 fully saturated rings. The second-order valence-corrected chi connectivity index (χ2v) is 9.32. The highest BCUT2D eigenvalue weighted by atomic mass is 32.2. The number of nitrogens with zero attached hydrogens (tertiary/aromatic N) is 2. The lowest BCUT2D eigenvalue weighted by molar-refractivity contribution is -0.131. The summed E-state index contributed by atoms with van der Waals surface area (Å²) in [5, 5.41) is 9.97. The molecule has 0 bridgehead atoms. The molecule has 1 aliphatic rings. The summed E-state index contributed by atoms with van der Waals surface area (Å²) in [5.74, 6) is -1.50. The van der Waals surface area contributed by atoms with Crippen molar-refractivity contribution in [3.63, 3.8) is 0 Å². The summed E-state index contributed by atoms with van der Waals surface area (Å²) in [5.41, 5.74) is 2.79. The van der Waals surface area contributed by atoms with Crippen molar-refractivity contribution in [2.45, 2.75) is 30.3 Å². The zero-order chi connectivity index (χ0) is 21.5. The molecular formula is C22H21FN2O4S. The van der Waals surface area contributed by atoms with Crippen LogP contribution in [-0.4, -0.2) is 41.5 Å². The van der Waals surface area contributed by atoms with Crippen LogP contribution in [0.25, 0.3) is 17.0 Å². The molecule has 8 heteroatoms. The van der Waals surface area contributed by atoms with Crippen molar-refractivity contribution in [1.29, 1.82) is 0 Å². The van der Waals surface area contributed by atoms with E-state index in [1.54, 1.807) is 13.1 Å². The van der Waals surface area contributed by atoms with Gasteiger partial charge < -0.3 is 9.67 Å². The summed E-state index contributed by atoms with van der Waals surface area (Å²) in [7, 11) is -2.22. The van der Waals surface area contributed by atoms with Crippen LogP contribution in [0.4, 0.5) is 4.39 Å². The van der Waals surface area contributed by atoms with Crippen LogP contribution in [0.3, 0.4) is 0 Å². The van der Waals surface area contributed by atoms with Crippen molar-refractivity contribution < 1.29 is 22.7 Å². The number of para-hydroxylation sites is 1. The zero-order valence-corrected chi connectivity index (χ0v) is 17.1. The van der Waals surface area contributed by atoms with Crippen molar-refractivity contribution in [2.75, 3.05) is 7.05 Å². The van der Waals surface area contributed by atoms with E-state index >= 15 is 0 Å². The number of hydrogen-bond donors (Lipinski definition) is 1. The van der Waals surface area contributed by atoms with Crippen molar-refractivity contribution >= 4 is 33.0 Å². The first-order chi connectivity index (χ1) is 14.3. The van der Waals surface area contributed by atoms with Gasteiger partial charge in [-0.15, -0.1) is 0 Å². The number of carboxylic acids is 1. The molecule has 1 N–H and O–H groups in total. The lowest BCUT2D eigenvalue weighted by Crippen LogP contribution is -2.42. The van der Waals surface area contributed by atoms with Crippen LogP contribution in [0.2, 0.25) is 0 Å². The first kappa shape index (κ1) is 20.3.